The first-order valence-corrected chi connectivity index (χ1v) is 16.6. The molecule has 2 nitrogen and oxygen atoms in total. The Kier molecular flexibility index (Phi) is 7.62. The lowest BCUT2D eigenvalue weighted by Gasteiger charge is -2.15. The number of oxazole rings is 1. The predicted octanol–water partition coefficient (Wildman–Crippen LogP) is 13.3. The molecule has 0 spiro atoms. The number of benzene rings is 7. The molecule has 7 aromatic carbocycles. The molecule has 0 atom stereocenters. The largest absolute Gasteiger partial charge is 0.435 e. The fraction of sp³-hybridized carbons (Fsp3) is 0.0426. The summed E-state index contributed by atoms with van der Waals surface area (Å²) in [5.41, 5.74) is 11.8. The zero-order chi connectivity index (χ0) is 33.5. The molecule has 0 fully saturated rings. The molecule has 0 bridgehead atoms. The number of fused-ring (bicyclic) bond motifs is 6. The van der Waals surface area contributed by atoms with Gasteiger partial charge in [-0.25, -0.2) is 4.98 Å². The van der Waals surface area contributed by atoms with Crippen LogP contribution in [0.15, 0.2) is 151 Å². The van der Waals surface area contributed by atoms with Gasteiger partial charge in [0.2, 0.25) is 5.89 Å². The van der Waals surface area contributed by atoms with Gasteiger partial charge in [0, 0.05) is 10.9 Å². The average molecular weight is 630 g/mol. The Morgan fingerprint density at radius 3 is 2.22 bits per heavy atom. The first-order valence-electron chi connectivity index (χ1n) is 16.6. The van der Waals surface area contributed by atoms with E-state index in [0.717, 1.165) is 49.7 Å². The van der Waals surface area contributed by atoms with Gasteiger partial charge in [-0.3, -0.25) is 0 Å². The fourth-order valence-electron chi connectivity index (χ4n) is 7.07. The van der Waals surface area contributed by atoms with E-state index in [4.69, 9.17) is 9.40 Å². The number of hydrogen-bond donors (Lipinski definition) is 0. The first-order chi connectivity index (χ1) is 24.0. The van der Waals surface area contributed by atoms with Crippen molar-refractivity contribution in [1.29, 1.82) is 0 Å². The quantitative estimate of drug-likeness (QED) is 0.0996. The van der Waals surface area contributed by atoms with E-state index in [0.29, 0.717) is 5.89 Å². The molecule has 2 heteroatoms. The van der Waals surface area contributed by atoms with Crippen LogP contribution in [0.4, 0.5) is 0 Å². The highest BCUT2D eigenvalue weighted by Crippen LogP contribution is 2.38. The normalized spacial score (nSPS) is 12.1. The maximum Gasteiger partial charge on any atom is 0.227 e. The van der Waals surface area contributed by atoms with E-state index in [-0.39, 0.29) is 0 Å². The molecule has 0 aliphatic rings. The van der Waals surface area contributed by atoms with Crippen molar-refractivity contribution in [2.24, 2.45) is 0 Å². The summed E-state index contributed by atoms with van der Waals surface area (Å²) in [5, 5.41) is 7.18. The molecule has 8 aromatic rings. The summed E-state index contributed by atoms with van der Waals surface area (Å²) in [6.45, 7) is 12.5. The molecule has 0 N–H and O–H groups in total. The maximum atomic E-state index is 6.49. The Morgan fingerprint density at radius 2 is 1.41 bits per heavy atom. The topological polar surface area (TPSA) is 26.0 Å². The van der Waals surface area contributed by atoms with Gasteiger partial charge in [-0.1, -0.05) is 135 Å². The van der Waals surface area contributed by atoms with Crippen molar-refractivity contribution in [2.45, 2.75) is 13.8 Å². The Labute approximate surface area is 286 Å². The molecule has 0 unspecified atom stereocenters. The lowest BCUT2D eigenvalue weighted by atomic mass is 9.89. The zero-order valence-electron chi connectivity index (χ0n) is 27.7. The highest BCUT2D eigenvalue weighted by Gasteiger charge is 2.16. The minimum atomic E-state index is 0.619. The molecular weight excluding hydrogens is 595 g/mol. The minimum absolute atomic E-state index is 0.619. The van der Waals surface area contributed by atoms with E-state index in [2.05, 4.69) is 124 Å². The predicted molar refractivity (Wildman–Crippen MR) is 211 cm³/mol. The lowest BCUT2D eigenvalue weighted by Crippen LogP contribution is -1.91. The highest BCUT2D eigenvalue weighted by atomic mass is 16.3. The van der Waals surface area contributed by atoms with Crippen molar-refractivity contribution >= 4 is 67.2 Å². The van der Waals surface area contributed by atoms with Gasteiger partial charge in [-0.05, 0) is 116 Å². The third kappa shape index (κ3) is 5.28. The first kappa shape index (κ1) is 30.1. The van der Waals surface area contributed by atoms with Gasteiger partial charge < -0.3 is 4.42 Å². The average Bonchev–Trinajstić information content (AvgIpc) is 3.60. The second kappa shape index (κ2) is 12.4. The summed E-state index contributed by atoms with van der Waals surface area (Å²) in [6, 6.07) is 42.8. The standard InChI is InChI=1S/C47H35NO/c1-5-7-18-39-31(4)38-19-11-12-20-40(38)41-25-23-37(29-43(39)41)36-17-13-16-35(28-36)30(3)27-42-32(6-2)21-22-33-24-26-44-46(45(33)42)49-47(48-44)34-14-9-8-10-15-34/h5-29H,1-2H2,3-4H3/b18-7-,30-27+. The Balaban J connectivity index is 1.26. The molecule has 0 radical (unpaired) electrons. The van der Waals surface area contributed by atoms with Crippen LogP contribution in [0.1, 0.15) is 34.7 Å². The molecule has 1 heterocycles. The zero-order valence-corrected chi connectivity index (χ0v) is 27.7. The molecule has 0 saturated heterocycles. The number of aryl methyl sites for hydroxylation is 1. The molecule has 0 saturated carbocycles. The van der Waals surface area contributed by atoms with E-state index < -0.39 is 0 Å². The van der Waals surface area contributed by atoms with Crippen LogP contribution in [0.3, 0.4) is 0 Å². The van der Waals surface area contributed by atoms with E-state index in [9.17, 15) is 0 Å². The van der Waals surface area contributed by atoms with Crippen molar-refractivity contribution in [1.82, 2.24) is 4.98 Å². The minimum Gasteiger partial charge on any atom is -0.435 e. The van der Waals surface area contributed by atoms with Gasteiger partial charge in [-0.2, -0.15) is 0 Å². The van der Waals surface area contributed by atoms with Crippen LogP contribution < -0.4 is 0 Å². The Hall–Kier alpha value is -6.25. The lowest BCUT2D eigenvalue weighted by molar-refractivity contribution is 0.623. The van der Waals surface area contributed by atoms with Gasteiger partial charge in [0.25, 0.3) is 0 Å². The van der Waals surface area contributed by atoms with Crippen LogP contribution in [0.2, 0.25) is 0 Å². The number of hydrogen-bond acceptors (Lipinski definition) is 2. The van der Waals surface area contributed by atoms with Crippen molar-refractivity contribution in [3.8, 4) is 22.6 Å². The monoisotopic (exact) mass is 629 g/mol. The number of aromatic nitrogens is 1. The van der Waals surface area contributed by atoms with E-state index in [1.807, 2.05) is 54.6 Å². The fourth-order valence-corrected chi connectivity index (χ4v) is 7.07. The smallest absolute Gasteiger partial charge is 0.227 e. The van der Waals surface area contributed by atoms with Gasteiger partial charge in [-0.15, -0.1) is 0 Å². The van der Waals surface area contributed by atoms with E-state index >= 15 is 0 Å². The number of rotatable bonds is 7. The molecule has 234 valence electrons. The van der Waals surface area contributed by atoms with Gasteiger partial charge in [0.1, 0.15) is 5.52 Å². The Morgan fingerprint density at radius 1 is 0.673 bits per heavy atom. The second-order valence-electron chi connectivity index (χ2n) is 12.5. The van der Waals surface area contributed by atoms with Crippen LogP contribution >= 0.6 is 0 Å². The maximum absolute atomic E-state index is 6.49. The third-order valence-corrected chi connectivity index (χ3v) is 9.60. The highest BCUT2D eigenvalue weighted by molar-refractivity contribution is 6.14. The molecule has 8 rings (SSSR count). The molecule has 0 aliphatic carbocycles. The number of nitrogens with zero attached hydrogens (tertiary/aromatic N) is 1. The summed E-state index contributed by atoms with van der Waals surface area (Å²) in [4.78, 5) is 4.86. The van der Waals surface area contributed by atoms with Crippen molar-refractivity contribution in [2.75, 3.05) is 0 Å². The molecule has 0 amide bonds. The molecule has 0 aliphatic heterocycles. The van der Waals surface area contributed by atoms with Gasteiger partial charge >= 0.3 is 0 Å². The van der Waals surface area contributed by atoms with Crippen molar-refractivity contribution in [3.05, 3.63) is 174 Å². The Bertz CT molecular complexity index is 2650. The van der Waals surface area contributed by atoms with Crippen molar-refractivity contribution < 1.29 is 4.42 Å². The van der Waals surface area contributed by atoms with Gasteiger partial charge in [0.05, 0.1) is 0 Å². The van der Waals surface area contributed by atoms with Crippen LogP contribution in [-0.2, 0) is 0 Å². The second-order valence-corrected chi connectivity index (χ2v) is 12.5. The van der Waals surface area contributed by atoms with Crippen molar-refractivity contribution in [3.63, 3.8) is 0 Å². The molecular formula is C47H35NO. The van der Waals surface area contributed by atoms with Crippen LogP contribution in [-0.4, -0.2) is 4.98 Å². The summed E-state index contributed by atoms with van der Waals surface area (Å²) >= 11 is 0. The van der Waals surface area contributed by atoms with E-state index in [1.54, 1.807) is 0 Å². The van der Waals surface area contributed by atoms with Crippen LogP contribution in [0.5, 0.6) is 0 Å². The molecule has 49 heavy (non-hydrogen) atoms. The van der Waals surface area contributed by atoms with Gasteiger partial charge in [0.15, 0.2) is 5.58 Å². The van der Waals surface area contributed by atoms with Crippen LogP contribution in [0.25, 0.3) is 89.8 Å². The van der Waals surface area contributed by atoms with E-state index in [1.165, 1.54) is 43.8 Å². The third-order valence-electron chi connectivity index (χ3n) is 9.60. The summed E-state index contributed by atoms with van der Waals surface area (Å²) < 4.78 is 6.49. The number of allylic oxidation sites excluding steroid dienone is 3. The summed E-state index contributed by atoms with van der Waals surface area (Å²) in [5.74, 6) is 0.619. The summed E-state index contributed by atoms with van der Waals surface area (Å²) in [6.07, 6.45) is 10.2. The molecule has 1 aromatic heterocycles. The van der Waals surface area contributed by atoms with Crippen LogP contribution in [0, 0.1) is 6.92 Å². The SMILES string of the molecule is C=C/C=C\c1c(C)c2ccccc2c2ccc(-c3cccc(/C(C)=C/c4c(C=C)ccc5ccc6nc(-c7ccccc7)oc6c45)c3)cc12. The summed E-state index contributed by atoms with van der Waals surface area (Å²) in [7, 11) is 0.